The van der Waals surface area contributed by atoms with Gasteiger partial charge in [-0.25, -0.2) is 0 Å². The van der Waals surface area contributed by atoms with E-state index in [1.807, 2.05) is 0 Å². The third-order valence-electron chi connectivity index (χ3n) is 3.48. The predicted octanol–water partition coefficient (Wildman–Crippen LogP) is 6.76. The molecule has 0 aliphatic carbocycles. The molecule has 0 N–H and O–H groups in total. The van der Waals surface area contributed by atoms with Gasteiger partial charge in [0.15, 0.2) is 0 Å². The van der Waals surface area contributed by atoms with Crippen molar-refractivity contribution in [1.29, 1.82) is 0 Å². The number of rotatable bonds is 8. The maximum Gasteiger partial charge on any atom is 0.126 e. The molecule has 19 heavy (non-hydrogen) atoms. The van der Waals surface area contributed by atoms with Crippen LogP contribution >= 0.6 is 39.0 Å². The Hall–Kier alpha value is 1.44. The third-order valence-corrected chi connectivity index (χ3v) is 11.9. The average molecular weight is 345 g/mol. The van der Waals surface area contributed by atoms with Crippen LogP contribution in [-0.4, -0.2) is 39.3 Å². The molecule has 0 unspecified atom stereocenters. The van der Waals surface area contributed by atoms with E-state index >= 15 is 0 Å². The fourth-order valence-electron chi connectivity index (χ4n) is 2.51. The van der Waals surface area contributed by atoms with Crippen molar-refractivity contribution in [3.8, 4) is 0 Å². The van der Waals surface area contributed by atoms with Crippen molar-refractivity contribution in [3.63, 3.8) is 0 Å². The van der Waals surface area contributed by atoms with Crippen LogP contribution < -0.4 is 0 Å². The monoisotopic (exact) mass is 344 g/mol. The molecule has 0 rings (SSSR count). The summed E-state index contributed by atoms with van der Waals surface area (Å²) in [5.41, 5.74) is 2.82. The molecule has 0 fully saturated rings. The number of halogens is 2. The second-order valence-corrected chi connectivity index (χ2v) is 15.0. The van der Waals surface area contributed by atoms with E-state index < -0.39 is 4.33 Å². The lowest BCUT2D eigenvalue weighted by Gasteiger charge is -2.36. The van der Waals surface area contributed by atoms with E-state index in [1.54, 1.807) is 0 Å². The van der Waals surface area contributed by atoms with Gasteiger partial charge < -0.3 is 0 Å². The number of hydrogen-bond donors (Lipinski definition) is 0. The first-order valence-corrected chi connectivity index (χ1v) is 11.5. The van der Waals surface area contributed by atoms with Gasteiger partial charge in [0, 0.05) is 12.3 Å². The van der Waals surface area contributed by atoms with Crippen molar-refractivity contribution in [1.82, 2.24) is 0 Å². The minimum absolute atomic E-state index is 0.0893. The molecule has 0 amide bonds. The molecule has 0 saturated carbocycles. The van der Waals surface area contributed by atoms with Crippen molar-refractivity contribution < 1.29 is 0 Å². The van der Waals surface area contributed by atoms with Gasteiger partial charge in [0.05, 0.1) is 0 Å². The molecular formula is C15H32Cl2P2. The highest BCUT2D eigenvalue weighted by Gasteiger charge is 2.35. The molecular weight excluding hydrogens is 313 g/mol. The van der Waals surface area contributed by atoms with Gasteiger partial charge in [-0.3, -0.25) is 0 Å². The molecule has 0 aliphatic rings. The molecule has 0 spiro atoms. The fraction of sp³-hybridized carbons (Fsp3) is 1.00. The molecule has 0 aromatic carbocycles. The van der Waals surface area contributed by atoms with Gasteiger partial charge in [0.1, 0.15) is 4.33 Å². The minimum atomic E-state index is -0.527. The Morgan fingerprint density at radius 3 is 1.00 bits per heavy atom. The van der Waals surface area contributed by atoms with E-state index in [0.717, 1.165) is 12.3 Å². The van der Waals surface area contributed by atoms with Gasteiger partial charge in [0.25, 0.3) is 0 Å². The molecule has 4 heteroatoms. The summed E-state index contributed by atoms with van der Waals surface area (Å²) in [6.45, 7) is 18.5. The van der Waals surface area contributed by atoms with E-state index in [-0.39, 0.29) is 15.8 Å². The lowest BCUT2D eigenvalue weighted by Crippen LogP contribution is -2.28. The van der Waals surface area contributed by atoms with Crippen LogP contribution in [0.2, 0.25) is 0 Å². The molecule has 0 saturated heterocycles. The normalized spacial score (nSPS) is 13.9. The molecule has 116 valence electrons. The smallest absolute Gasteiger partial charge is 0.101 e. The Kier molecular flexibility index (Phi) is 9.44. The Bertz CT molecular complexity index is 211. The van der Waals surface area contributed by atoms with Crippen molar-refractivity contribution in [2.24, 2.45) is 0 Å². The molecule has 0 aromatic rings. The van der Waals surface area contributed by atoms with Crippen LogP contribution in [-0.2, 0) is 0 Å². The minimum Gasteiger partial charge on any atom is -0.101 e. The predicted molar refractivity (Wildman–Crippen MR) is 98.6 cm³/mol. The van der Waals surface area contributed by atoms with Crippen LogP contribution in [0.15, 0.2) is 0 Å². The molecule has 0 aliphatic heterocycles. The van der Waals surface area contributed by atoms with Crippen LogP contribution in [0.4, 0.5) is 0 Å². The molecule has 0 atom stereocenters. The van der Waals surface area contributed by atoms with Crippen molar-refractivity contribution in [2.75, 3.05) is 12.3 Å². The number of hydrogen-bond acceptors (Lipinski definition) is 0. The Labute approximate surface area is 133 Å². The summed E-state index contributed by atoms with van der Waals surface area (Å²) in [6.07, 6.45) is 1.97. The zero-order valence-electron chi connectivity index (χ0n) is 13.9. The largest absolute Gasteiger partial charge is 0.126 e. The van der Waals surface area contributed by atoms with E-state index in [9.17, 15) is 0 Å². The van der Waals surface area contributed by atoms with E-state index in [4.69, 9.17) is 23.2 Å². The van der Waals surface area contributed by atoms with Gasteiger partial charge in [-0.1, -0.05) is 71.2 Å². The van der Waals surface area contributed by atoms with Gasteiger partial charge in [-0.05, 0) is 22.6 Å². The van der Waals surface area contributed by atoms with Gasteiger partial charge in [0.2, 0.25) is 0 Å². The van der Waals surface area contributed by atoms with Crippen LogP contribution in [0.25, 0.3) is 0 Å². The standard InChI is InChI=1S/C15H32Cl2P2/c1-11(2)18(12(3)4)9-15(16,17)10-19(13(5)6)14(7)8/h11-14H,9-10H2,1-8H3. The maximum atomic E-state index is 6.70. The van der Waals surface area contributed by atoms with Crippen molar-refractivity contribution >= 4 is 39.0 Å². The highest BCUT2D eigenvalue weighted by Crippen LogP contribution is 2.56. The maximum absolute atomic E-state index is 6.70. The van der Waals surface area contributed by atoms with Crippen LogP contribution in [0.1, 0.15) is 55.4 Å². The Morgan fingerprint density at radius 1 is 0.632 bits per heavy atom. The van der Waals surface area contributed by atoms with Crippen LogP contribution in [0.3, 0.4) is 0 Å². The highest BCUT2D eigenvalue weighted by atomic mass is 35.5. The summed E-state index contributed by atoms with van der Waals surface area (Å²) in [4.78, 5) is 0. The summed E-state index contributed by atoms with van der Waals surface area (Å²) < 4.78 is -0.527. The lowest BCUT2D eigenvalue weighted by molar-refractivity contribution is 0.917. The fourth-order valence-corrected chi connectivity index (χ4v) is 9.48. The summed E-state index contributed by atoms with van der Waals surface area (Å²) in [5.74, 6) is 0. The SMILES string of the molecule is CC(C)P(CC(Cl)(Cl)CP(C(C)C)C(C)C)C(C)C. The molecule has 0 radical (unpaired) electrons. The average Bonchev–Trinajstić information content (AvgIpc) is 2.21. The Balaban J connectivity index is 4.77. The highest BCUT2D eigenvalue weighted by molar-refractivity contribution is 7.60. The molecule has 0 nitrogen and oxygen atoms in total. The molecule has 0 aromatic heterocycles. The van der Waals surface area contributed by atoms with Crippen molar-refractivity contribution in [3.05, 3.63) is 0 Å². The first-order valence-electron chi connectivity index (χ1n) is 7.37. The van der Waals surface area contributed by atoms with Crippen LogP contribution in [0, 0.1) is 0 Å². The van der Waals surface area contributed by atoms with Gasteiger partial charge in [-0.15, -0.1) is 23.2 Å². The lowest BCUT2D eigenvalue weighted by atomic mass is 10.5. The quantitative estimate of drug-likeness (QED) is 0.337. The molecule has 0 bridgehead atoms. The number of alkyl halides is 2. The molecule has 0 heterocycles. The first-order chi connectivity index (χ1) is 8.48. The second kappa shape index (κ2) is 8.78. The zero-order valence-corrected chi connectivity index (χ0v) is 17.2. The Morgan fingerprint density at radius 2 is 0.842 bits per heavy atom. The second-order valence-electron chi connectivity index (χ2n) is 6.58. The summed E-state index contributed by atoms with van der Waals surface area (Å²) >= 11 is 13.4. The van der Waals surface area contributed by atoms with E-state index in [0.29, 0.717) is 22.6 Å². The van der Waals surface area contributed by atoms with Gasteiger partial charge in [-0.2, -0.15) is 0 Å². The van der Waals surface area contributed by atoms with E-state index in [1.165, 1.54) is 0 Å². The van der Waals surface area contributed by atoms with Crippen LogP contribution in [0.5, 0.6) is 0 Å². The van der Waals surface area contributed by atoms with E-state index in [2.05, 4.69) is 55.4 Å². The summed E-state index contributed by atoms with van der Waals surface area (Å²) in [7, 11) is -0.179. The zero-order chi connectivity index (χ0) is 15.4. The summed E-state index contributed by atoms with van der Waals surface area (Å²) in [5, 5.41) is 0. The first kappa shape index (κ1) is 20.4. The van der Waals surface area contributed by atoms with Crippen molar-refractivity contribution in [2.45, 2.75) is 82.4 Å². The van der Waals surface area contributed by atoms with Gasteiger partial charge >= 0.3 is 0 Å². The third kappa shape index (κ3) is 7.85. The summed E-state index contributed by atoms with van der Waals surface area (Å²) in [6, 6.07) is 0. The topological polar surface area (TPSA) is 0 Å².